The van der Waals surface area contributed by atoms with Crippen molar-refractivity contribution in [1.82, 2.24) is 9.97 Å². The number of nitrogens with zero attached hydrogens (tertiary/aromatic N) is 2. The zero-order valence-corrected chi connectivity index (χ0v) is 14.7. The second-order valence-corrected chi connectivity index (χ2v) is 6.45. The van der Waals surface area contributed by atoms with E-state index < -0.39 is 0 Å². The number of thiophene rings is 1. The second kappa shape index (κ2) is 6.97. The number of rotatable bonds is 5. The largest absolute Gasteiger partial charge is 0.462 e. The van der Waals surface area contributed by atoms with E-state index in [1.165, 1.54) is 23.2 Å². The molecule has 5 nitrogen and oxygen atoms in total. The summed E-state index contributed by atoms with van der Waals surface area (Å²) in [6, 6.07) is 10.2. The Morgan fingerprint density at radius 2 is 2.04 bits per heavy atom. The van der Waals surface area contributed by atoms with Crippen LogP contribution in [-0.4, -0.2) is 22.5 Å². The number of carbonyl (C=O) groups is 1. The number of fused-ring (bicyclic) bond motifs is 1. The summed E-state index contributed by atoms with van der Waals surface area (Å²) in [5.41, 5.74) is 2.03. The molecule has 2 heterocycles. The third-order valence-corrected chi connectivity index (χ3v) is 5.02. The van der Waals surface area contributed by atoms with Gasteiger partial charge in [0.1, 0.15) is 21.9 Å². The van der Waals surface area contributed by atoms with Gasteiger partial charge in [0.25, 0.3) is 0 Å². The van der Waals surface area contributed by atoms with Gasteiger partial charge in [-0.05, 0) is 31.9 Å². The van der Waals surface area contributed by atoms with Crippen LogP contribution in [0, 0.1) is 6.92 Å². The molecule has 1 unspecified atom stereocenters. The molecule has 0 spiro atoms. The van der Waals surface area contributed by atoms with Gasteiger partial charge >= 0.3 is 5.97 Å². The number of nitrogens with one attached hydrogen (secondary N) is 1. The topological polar surface area (TPSA) is 64.1 Å². The van der Waals surface area contributed by atoms with Gasteiger partial charge in [0, 0.05) is 6.04 Å². The van der Waals surface area contributed by atoms with E-state index in [1.54, 1.807) is 6.92 Å². The monoisotopic (exact) mass is 341 g/mol. The number of hydrogen-bond donors (Lipinski definition) is 1. The van der Waals surface area contributed by atoms with Gasteiger partial charge < -0.3 is 10.1 Å². The number of hydrogen-bond acceptors (Lipinski definition) is 6. The highest BCUT2D eigenvalue weighted by atomic mass is 32.1. The number of benzene rings is 1. The maximum atomic E-state index is 12.1. The van der Waals surface area contributed by atoms with Crippen molar-refractivity contribution >= 4 is 33.3 Å². The predicted octanol–water partition coefficient (Wildman–Crippen LogP) is 4.35. The molecule has 1 aromatic carbocycles. The molecule has 0 saturated heterocycles. The van der Waals surface area contributed by atoms with Gasteiger partial charge in [-0.2, -0.15) is 0 Å². The van der Waals surface area contributed by atoms with Gasteiger partial charge in [-0.3, -0.25) is 0 Å². The Bertz CT molecular complexity index is 861. The minimum atomic E-state index is -0.306. The molecular weight excluding hydrogens is 322 g/mol. The Hall–Kier alpha value is -2.47. The lowest BCUT2D eigenvalue weighted by atomic mass is 10.1. The zero-order chi connectivity index (χ0) is 17.1. The van der Waals surface area contributed by atoms with Crippen LogP contribution in [0.15, 0.2) is 36.7 Å². The van der Waals surface area contributed by atoms with E-state index in [0.717, 1.165) is 21.6 Å². The SMILES string of the molecule is CCOC(=O)c1sc2ncnc(NC(C)c3ccccc3)c2c1C. The average Bonchev–Trinajstić information content (AvgIpc) is 2.94. The van der Waals surface area contributed by atoms with Crippen LogP contribution in [-0.2, 0) is 4.74 Å². The summed E-state index contributed by atoms with van der Waals surface area (Å²) in [6.07, 6.45) is 1.52. The van der Waals surface area contributed by atoms with E-state index >= 15 is 0 Å². The standard InChI is InChI=1S/C18H19N3O2S/c1-4-23-18(22)15-11(2)14-16(19-10-20-17(14)24-15)21-12(3)13-8-6-5-7-9-13/h5-10,12H,4H2,1-3H3,(H,19,20,21). The highest BCUT2D eigenvalue weighted by molar-refractivity contribution is 7.20. The first-order chi connectivity index (χ1) is 11.6. The predicted molar refractivity (Wildman–Crippen MR) is 96.6 cm³/mol. The summed E-state index contributed by atoms with van der Waals surface area (Å²) in [5.74, 6) is 0.431. The fourth-order valence-electron chi connectivity index (χ4n) is 2.60. The average molecular weight is 341 g/mol. The molecule has 6 heteroatoms. The van der Waals surface area contributed by atoms with Crippen molar-refractivity contribution in [1.29, 1.82) is 0 Å². The summed E-state index contributed by atoms with van der Waals surface area (Å²) in [5, 5.41) is 4.31. The molecule has 0 amide bonds. The molecule has 3 rings (SSSR count). The third kappa shape index (κ3) is 3.10. The number of carbonyl (C=O) groups excluding carboxylic acids is 1. The molecule has 0 aliphatic rings. The molecular formula is C18H19N3O2S. The molecule has 24 heavy (non-hydrogen) atoms. The molecule has 0 radical (unpaired) electrons. The van der Waals surface area contributed by atoms with Crippen molar-refractivity contribution in [3.05, 3.63) is 52.7 Å². The molecule has 0 saturated carbocycles. The van der Waals surface area contributed by atoms with Gasteiger partial charge in [-0.1, -0.05) is 30.3 Å². The smallest absolute Gasteiger partial charge is 0.348 e. The fourth-order valence-corrected chi connectivity index (χ4v) is 3.64. The van der Waals surface area contributed by atoms with E-state index in [9.17, 15) is 4.79 Å². The fraction of sp³-hybridized carbons (Fsp3) is 0.278. The minimum absolute atomic E-state index is 0.0923. The first-order valence-corrected chi connectivity index (χ1v) is 8.66. The lowest BCUT2D eigenvalue weighted by Crippen LogP contribution is -2.08. The van der Waals surface area contributed by atoms with Gasteiger partial charge in [-0.15, -0.1) is 11.3 Å². The van der Waals surface area contributed by atoms with Gasteiger partial charge in [0.2, 0.25) is 0 Å². The van der Waals surface area contributed by atoms with Crippen LogP contribution in [0.4, 0.5) is 5.82 Å². The number of ether oxygens (including phenoxy) is 1. The quantitative estimate of drug-likeness (QED) is 0.699. The van der Waals surface area contributed by atoms with E-state index in [2.05, 4.69) is 34.3 Å². The summed E-state index contributed by atoms with van der Waals surface area (Å²) < 4.78 is 5.13. The van der Waals surface area contributed by atoms with Crippen molar-refractivity contribution in [3.8, 4) is 0 Å². The first kappa shape index (κ1) is 16.4. The molecule has 0 aliphatic carbocycles. The number of aromatic nitrogens is 2. The highest BCUT2D eigenvalue weighted by Crippen LogP contribution is 2.34. The van der Waals surface area contributed by atoms with Crippen molar-refractivity contribution in [2.45, 2.75) is 26.8 Å². The number of esters is 1. The molecule has 2 aromatic heterocycles. The van der Waals surface area contributed by atoms with Crippen molar-refractivity contribution in [3.63, 3.8) is 0 Å². The Labute approximate surface area is 144 Å². The van der Waals surface area contributed by atoms with Gasteiger partial charge in [-0.25, -0.2) is 14.8 Å². The third-order valence-electron chi connectivity index (χ3n) is 3.84. The summed E-state index contributed by atoms with van der Waals surface area (Å²) >= 11 is 1.34. The number of aryl methyl sites for hydroxylation is 1. The van der Waals surface area contributed by atoms with Crippen LogP contribution in [0.25, 0.3) is 10.2 Å². The molecule has 124 valence electrons. The van der Waals surface area contributed by atoms with E-state index in [1.807, 2.05) is 25.1 Å². The molecule has 3 aromatic rings. The Morgan fingerprint density at radius 3 is 2.75 bits per heavy atom. The van der Waals surface area contributed by atoms with Crippen LogP contribution in [0.1, 0.15) is 40.7 Å². The summed E-state index contributed by atoms with van der Waals surface area (Å²) in [6.45, 7) is 6.15. The van der Waals surface area contributed by atoms with Crippen molar-refractivity contribution in [2.24, 2.45) is 0 Å². The zero-order valence-electron chi connectivity index (χ0n) is 13.9. The maximum Gasteiger partial charge on any atom is 0.348 e. The van der Waals surface area contributed by atoms with Crippen LogP contribution >= 0.6 is 11.3 Å². The molecule has 0 bridgehead atoms. The lowest BCUT2D eigenvalue weighted by molar-refractivity contribution is 0.0531. The number of anilines is 1. The van der Waals surface area contributed by atoms with E-state index in [-0.39, 0.29) is 12.0 Å². The maximum absolute atomic E-state index is 12.1. The highest BCUT2D eigenvalue weighted by Gasteiger charge is 2.20. The van der Waals surface area contributed by atoms with E-state index in [0.29, 0.717) is 11.5 Å². The first-order valence-electron chi connectivity index (χ1n) is 7.84. The van der Waals surface area contributed by atoms with Crippen molar-refractivity contribution in [2.75, 3.05) is 11.9 Å². The van der Waals surface area contributed by atoms with Crippen LogP contribution < -0.4 is 5.32 Å². The van der Waals surface area contributed by atoms with Crippen molar-refractivity contribution < 1.29 is 9.53 Å². The van der Waals surface area contributed by atoms with Crippen LogP contribution in [0.5, 0.6) is 0 Å². The molecule has 0 fully saturated rings. The normalized spacial score (nSPS) is 12.1. The Kier molecular flexibility index (Phi) is 4.76. The second-order valence-electron chi connectivity index (χ2n) is 5.46. The van der Waals surface area contributed by atoms with Crippen LogP contribution in [0.2, 0.25) is 0 Å². The Morgan fingerprint density at radius 1 is 1.29 bits per heavy atom. The Balaban J connectivity index is 1.98. The molecule has 0 aliphatic heterocycles. The lowest BCUT2D eigenvalue weighted by Gasteiger charge is -2.15. The van der Waals surface area contributed by atoms with Gasteiger partial charge in [0.15, 0.2) is 0 Å². The molecule has 1 N–H and O–H groups in total. The van der Waals surface area contributed by atoms with Crippen LogP contribution in [0.3, 0.4) is 0 Å². The summed E-state index contributed by atoms with van der Waals surface area (Å²) in [4.78, 5) is 22.2. The van der Waals surface area contributed by atoms with Gasteiger partial charge in [0.05, 0.1) is 12.0 Å². The minimum Gasteiger partial charge on any atom is -0.462 e. The molecule has 1 atom stereocenters. The summed E-state index contributed by atoms with van der Waals surface area (Å²) in [7, 11) is 0. The van der Waals surface area contributed by atoms with E-state index in [4.69, 9.17) is 4.74 Å².